The van der Waals surface area contributed by atoms with Crippen LogP contribution in [0.4, 0.5) is 10.1 Å². The summed E-state index contributed by atoms with van der Waals surface area (Å²) in [5.74, 6) is -0.718. The van der Waals surface area contributed by atoms with Crippen LogP contribution in [0.25, 0.3) is 22.4 Å². The number of benzene rings is 3. The zero-order chi connectivity index (χ0) is 21.8. The van der Waals surface area contributed by atoms with Crippen LogP contribution in [0.15, 0.2) is 90.0 Å². The zero-order valence-electron chi connectivity index (χ0n) is 16.6. The summed E-state index contributed by atoms with van der Waals surface area (Å²) in [4.78, 5) is 18.5. The number of halogens is 2. The minimum atomic E-state index is -0.414. The second kappa shape index (κ2) is 9.33. The van der Waals surface area contributed by atoms with Gasteiger partial charge in [-0.1, -0.05) is 29.8 Å². The van der Waals surface area contributed by atoms with Crippen molar-refractivity contribution >= 4 is 35.0 Å². The minimum absolute atomic E-state index is 0.304. The van der Waals surface area contributed by atoms with Crippen molar-refractivity contribution in [1.82, 2.24) is 4.98 Å². The summed E-state index contributed by atoms with van der Waals surface area (Å²) < 4.78 is 13.9. The fraction of sp³-hybridized carbons (Fsp3) is 0.0400. The summed E-state index contributed by atoms with van der Waals surface area (Å²) in [6.45, 7) is 0. The Bertz CT molecular complexity index is 1250. The molecule has 31 heavy (non-hydrogen) atoms. The quantitative estimate of drug-likeness (QED) is 0.329. The highest BCUT2D eigenvalue weighted by Crippen LogP contribution is 2.34. The number of hydrogen-bond acceptors (Lipinski definition) is 3. The predicted octanol–water partition coefficient (Wildman–Crippen LogP) is 7.18. The van der Waals surface area contributed by atoms with E-state index in [2.05, 4.69) is 10.3 Å². The molecule has 1 amide bonds. The summed E-state index contributed by atoms with van der Waals surface area (Å²) in [7, 11) is 0. The number of carbonyl (C=O) groups is 1. The van der Waals surface area contributed by atoms with E-state index >= 15 is 0 Å². The molecule has 6 heteroatoms. The molecular formula is C25H18ClFN2OS. The van der Waals surface area contributed by atoms with E-state index in [1.807, 2.05) is 60.9 Å². The molecule has 0 aliphatic heterocycles. The number of hydrogen-bond donors (Lipinski definition) is 1. The number of amides is 1. The topological polar surface area (TPSA) is 42.0 Å². The summed E-state index contributed by atoms with van der Waals surface area (Å²) in [6.07, 6.45) is 3.66. The number of carbonyl (C=O) groups excluding carboxylic acids is 1. The second-order valence-corrected chi connectivity index (χ2v) is 8.07. The van der Waals surface area contributed by atoms with Crippen molar-refractivity contribution in [3.8, 4) is 22.4 Å². The molecule has 0 aliphatic rings. The molecule has 4 aromatic rings. The van der Waals surface area contributed by atoms with E-state index in [0.29, 0.717) is 27.4 Å². The number of thioether (sulfide) groups is 1. The van der Waals surface area contributed by atoms with Crippen LogP contribution in [0.2, 0.25) is 5.02 Å². The van der Waals surface area contributed by atoms with Crippen LogP contribution in [-0.2, 0) is 0 Å². The Kier molecular flexibility index (Phi) is 6.35. The molecule has 4 rings (SSSR count). The molecule has 0 radical (unpaired) electrons. The maximum Gasteiger partial charge on any atom is 0.256 e. The number of anilines is 1. The van der Waals surface area contributed by atoms with Crippen molar-refractivity contribution in [3.05, 3.63) is 101 Å². The van der Waals surface area contributed by atoms with Crippen molar-refractivity contribution in [2.24, 2.45) is 0 Å². The molecular weight excluding hydrogens is 431 g/mol. The van der Waals surface area contributed by atoms with Crippen LogP contribution in [0.5, 0.6) is 0 Å². The number of nitrogens with zero attached hydrogens (tertiary/aromatic N) is 1. The summed E-state index contributed by atoms with van der Waals surface area (Å²) in [5.41, 5.74) is 3.81. The zero-order valence-corrected chi connectivity index (χ0v) is 18.2. The van der Waals surface area contributed by atoms with Gasteiger partial charge in [0.05, 0.1) is 5.69 Å². The predicted molar refractivity (Wildman–Crippen MR) is 126 cm³/mol. The van der Waals surface area contributed by atoms with Gasteiger partial charge in [0.25, 0.3) is 5.91 Å². The van der Waals surface area contributed by atoms with Crippen molar-refractivity contribution in [1.29, 1.82) is 0 Å². The minimum Gasteiger partial charge on any atom is -0.322 e. The molecule has 0 fully saturated rings. The Balaban J connectivity index is 1.70. The molecule has 1 N–H and O–H groups in total. The Morgan fingerprint density at radius 3 is 2.61 bits per heavy atom. The van der Waals surface area contributed by atoms with Gasteiger partial charge in [-0.05, 0) is 72.5 Å². The van der Waals surface area contributed by atoms with Crippen molar-refractivity contribution in [3.63, 3.8) is 0 Å². The van der Waals surface area contributed by atoms with Crippen LogP contribution >= 0.6 is 23.4 Å². The van der Waals surface area contributed by atoms with Crippen LogP contribution in [-0.4, -0.2) is 17.1 Å². The Morgan fingerprint density at radius 1 is 0.968 bits per heavy atom. The third-order valence-electron chi connectivity index (χ3n) is 4.77. The highest BCUT2D eigenvalue weighted by molar-refractivity contribution is 7.98. The SMILES string of the molecule is CSc1ccc(C(=O)Nc2cccc(-c3ccccn3)c2)c(-c2cc(F)ccc2Cl)c1. The van der Waals surface area contributed by atoms with Crippen molar-refractivity contribution in [2.45, 2.75) is 4.90 Å². The van der Waals surface area contributed by atoms with E-state index in [9.17, 15) is 9.18 Å². The number of pyridine rings is 1. The lowest BCUT2D eigenvalue weighted by atomic mass is 9.98. The fourth-order valence-electron chi connectivity index (χ4n) is 3.26. The van der Waals surface area contributed by atoms with E-state index in [1.165, 1.54) is 30.0 Å². The van der Waals surface area contributed by atoms with Gasteiger partial charge in [-0.3, -0.25) is 9.78 Å². The maximum absolute atomic E-state index is 13.9. The highest BCUT2D eigenvalue weighted by Gasteiger charge is 2.17. The van der Waals surface area contributed by atoms with Gasteiger partial charge in [-0.15, -0.1) is 11.8 Å². The van der Waals surface area contributed by atoms with Crippen LogP contribution in [0, 0.1) is 5.82 Å². The first kappa shape index (κ1) is 21.1. The average Bonchev–Trinajstić information content (AvgIpc) is 2.81. The third kappa shape index (κ3) is 4.79. The van der Waals surface area contributed by atoms with E-state index < -0.39 is 5.82 Å². The summed E-state index contributed by atoms with van der Waals surface area (Å²) in [6, 6.07) is 22.7. The molecule has 0 unspecified atom stereocenters. The first-order chi connectivity index (χ1) is 15.0. The van der Waals surface area contributed by atoms with Crippen LogP contribution in [0.3, 0.4) is 0 Å². The van der Waals surface area contributed by atoms with Gasteiger partial charge in [0.15, 0.2) is 0 Å². The molecule has 0 saturated heterocycles. The van der Waals surface area contributed by atoms with Gasteiger partial charge in [-0.25, -0.2) is 4.39 Å². The van der Waals surface area contributed by atoms with E-state index in [1.54, 1.807) is 12.3 Å². The summed E-state index contributed by atoms with van der Waals surface area (Å²) >= 11 is 7.88. The molecule has 0 atom stereocenters. The highest BCUT2D eigenvalue weighted by atomic mass is 35.5. The third-order valence-corrected chi connectivity index (χ3v) is 5.83. The van der Waals surface area contributed by atoms with Crippen LogP contribution in [0.1, 0.15) is 10.4 Å². The van der Waals surface area contributed by atoms with Gasteiger partial charge in [-0.2, -0.15) is 0 Å². The smallest absolute Gasteiger partial charge is 0.256 e. The molecule has 0 saturated carbocycles. The molecule has 0 spiro atoms. The lowest BCUT2D eigenvalue weighted by molar-refractivity contribution is 0.102. The number of aromatic nitrogens is 1. The fourth-order valence-corrected chi connectivity index (χ4v) is 3.92. The van der Waals surface area contributed by atoms with Crippen LogP contribution < -0.4 is 5.32 Å². The Hall–Kier alpha value is -3.15. The van der Waals surface area contributed by atoms with E-state index in [0.717, 1.165) is 16.2 Å². The lowest BCUT2D eigenvalue weighted by Crippen LogP contribution is -2.13. The van der Waals surface area contributed by atoms with Gasteiger partial charge in [0.2, 0.25) is 0 Å². The molecule has 3 aromatic carbocycles. The monoisotopic (exact) mass is 448 g/mol. The normalized spacial score (nSPS) is 10.7. The molecule has 154 valence electrons. The van der Waals surface area contributed by atoms with Gasteiger partial charge >= 0.3 is 0 Å². The first-order valence-electron chi connectivity index (χ1n) is 9.51. The lowest BCUT2D eigenvalue weighted by Gasteiger charge is -2.14. The van der Waals surface area contributed by atoms with E-state index in [-0.39, 0.29) is 5.91 Å². The molecule has 0 aliphatic carbocycles. The van der Waals surface area contributed by atoms with Crippen molar-refractivity contribution < 1.29 is 9.18 Å². The molecule has 3 nitrogen and oxygen atoms in total. The maximum atomic E-state index is 13.9. The summed E-state index contributed by atoms with van der Waals surface area (Å²) in [5, 5.41) is 3.32. The number of nitrogens with one attached hydrogen (secondary N) is 1. The molecule has 0 bridgehead atoms. The van der Waals surface area contributed by atoms with Crippen molar-refractivity contribution in [2.75, 3.05) is 11.6 Å². The average molecular weight is 449 g/mol. The second-order valence-electron chi connectivity index (χ2n) is 6.79. The Labute approximate surface area is 189 Å². The van der Waals surface area contributed by atoms with Gasteiger partial charge in [0, 0.05) is 38.5 Å². The largest absolute Gasteiger partial charge is 0.322 e. The van der Waals surface area contributed by atoms with Gasteiger partial charge in [0.1, 0.15) is 5.82 Å². The Morgan fingerprint density at radius 2 is 1.84 bits per heavy atom. The molecule has 1 aromatic heterocycles. The van der Waals surface area contributed by atoms with E-state index in [4.69, 9.17) is 11.6 Å². The molecule has 1 heterocycles. The number of rotatable bonds is 5. The first-order valence-corrected chi connectivity index (χ1v) is 11.1. The van der Waals surface area contributed by atoms with Gasteiger partial charge < -0.3 is 5.32 Å². The standard InChI is InChI=1S/C25H18ClFN2OS/c1-31-19-9-10-20(21(15-19)22-14-17(27)8-11-23(22)26)25(30)29-18-6-4-5-16(13-18)24-7-2-3-12-28-24/h2-15H,1H3,(H,29,30).